The number of oxazole rings is 1. The number of nitrogens with one attached hydrogen (secondary N) is 1. The average Bonchev–Trinajstić information content (AvgIpc) is 3.27. The summed E-state index contributed by atoms with van der Waals surface area (Å²) in [6.45, 7) is 5.07. The van der Waals surface area contributed by atoms with Gasteiger partial charge in [0.1, 0.15) is 0 Å². The zero-order chi connectivity index (χ0) is 17.6. The molecule has 1 N–H and O–H groups in total. The molecule has 2 aromatic rings. The van der Waals surface area contributed by atoms with E-state index >= 15 is 0 Å². The molecule has 1 aliphatic rings. The lowest BCUT2D eigenvalue weighted by molar-refractivity contribution is -0.121. The molecule has 0 aliphatic carbocycles. The zero-order valence-electron chi connectivity index (χ0n) is 14.5. The van der Waals surface area contributed by atoms with E-state index in [-0.39, 0.29) is 5.91 Å². The van der Waals surface area contributed by atoms with Crippen molar-refractivity contribution in [1.82, 2.24) is 15.2 Å². The van der Waals surface area contributed by atoms with E-state index < -0.39 is 0 Å². The summed E-state index contributed by atoms with van der Waals surface area (Å²) in [6.07, 6.45) is 4.90. The molecule has 0 radical (unpaired) electrons. The fourth-order valence-electron chi connectivity index (χ4n) is 3.29. The van der Waals surface area contributed by atoms with Crippen molar-refractivity contribution >= 4 is 17.5 Å². The number of halogens is 1. The SMILES string of the molecule is CCN1CCCC1CNC(=O)CCc1ncc(-c2ccccc2Cl)o1. The Morgan fingerprint density at radius 1 is 1.44 bits per heavy atom. The molecule has 0 saturated carbocycles. The molecule has 2 heterocycles. The number of amides is 1. The van der Waals surface area contributed by atoms with Gasteiger partial charge in [-0.3, -0.25) is 9.69 Å². The summed E-state index contributed by atoms with van der Waals surface area (Å²) in [5.74, 6) is 1.23. The Balaban J connectivity index is 1.47. The molecule has 1 fully saturated rings. The molecule has 25 heavy (non-hydrogen) atoms. The van der Waals surface area contributed by atoms with Crippen LogP contribution in [0.15, 0.2) is 34.9 Å². The van der Waals surface area contributed by atoms with Gasteiger partial charge in [-0.1, -0.05) is 30.7 Å². The van der Waals surface area contributed by atoms with Crippen LogP contribution in [0.4, 0.5) is 0 Å². The predicted octanol–water partition coefficient (Wildman–Crippen LogP) is 3.53. The van der Waals surface area contributed by atoms with Crippen LogP contribution in [0.3, 0.4) is 0 Å². The highest BCUT2D eigenvalue weighted by Crippen LogP contribution is 2.28. The molecule has 134 valence electrons. The van der Waals surface area contributed by atoms with Gasteiger partial charge in [0.25, 0.3) is 0 Å². The fourth-order valence-corrected chi connectivity index (χ4v) is 3.52. The normalized spacial score (nSPS) is 17.8. The average molecular weight is 362 g/mol. The van der Waals surface area contributed by atoms with Crippen LogP contribution in [0.5, 0.6) is 0 Å². The molecule has 0 spiro atoms. The minimum Gasteiger partial charge on any atom is -0.441 e. The number of rotatable bonds is 7. The van der Waals surface area contributed by atoms with Crippen LogP contribution in [0.25, 0.3) is 11.3 Å². The van der Waals surface area contributed by atoms with Crippen molar-refractivity contribution in [3.63, 3.8) is 0 Å². The molecule has 1 aliphatic heterocycles. The summed E-state index contributed by atoms with van der Waals surface area (Å²) in [7, 11) is 0. The van der Waals surface area contributed by atoms with Gasteiger partial charge in [-0.25, -0.2) is 4.98 Å². The van der Waals surface area contributed by atoms with Crippen molar-refractivity contribution in [2.24, 2.45) is 0 Å². The van der Waals surface area contributed by atoms with Crippen LogP contribution in [0.1, 0.15) is 32.1 Å². The second-order valence-corrected chi connectivity index (χ2v) is 6.73. The van der Waals surface area contributed by atoms with E-state index in [4.69, 9.17) is 16.0 Å². The highest BCUT2D eigenvalue weighted by atomic mass is 35.5. The van der Waals surface area contributed by atoms with Gasteiger partial charge in [0.05, 0.1) is 11.2 Å². The summed E-state index contributed by atoms with van der Waals surface area (Å²) >= 11 is 6.17. The van der Waals surface area contributed by atoms with Crippen LogP contribution < -0.4 is 5.32 Å². The molecule has 1 aromatic heterocycles. The second kappa shape index (κ2) is 8.50. The predicted molar refractivity (Wildman–Crippen MR) is 98.5 cm³/mol. The number of aryl methyl sites for hydroxylation is 1. The number of hydrogen-bond donors (Lipinski definition) is 1. The van der Waals surface area contributed by atoms with E-state index in [0.29, 0.717) is 35.6 Å². The zero-order valence-corrected chi connectivity index (χ0v) is 15.3. The van der Waals surface area contributed by atoms with E-state index in [1.165, 1.54) is 6.42 Å². The van der Waals surface area contributed by atoms with Gasteiger partial charge in [0.15, 0.2) is 11.7 Å². The Morgan fingerprint density at radius 3 is 3.08 bits per heavy atom. The number of nitrogens with zero attached hydrogens (tertiary/aromatic N) is 2. The number of hydrogen-bond acceptors (Lipinski definition) is 4. The summed E-state index contributed by atoms with van der Waals surface area (Å²) in [5.41, 5.74) is 0.813. The van der Waals surface area contributed by atoms with Crippen molar-refractivity contribution in [1.29, 1.82) is 0 Å². The third-order valence-electron chi connectivity index (χ3n) is 4.70. The quantitative estimate of drug-likeness (QED) is 0.819. The molecule has 5 nitrogen and oxygen atoms in total. The maximum atomic E-state index is 12.1. The van der Waals surface area contributed by atoms with Crippen LogP contribution in [-0.4, -0.2) is 41.5 Å². The molecule has 1 unspecified atom stereocenters. The van der Waals surface area contributed by atoms with Crippen molar-refractivity contribution in [3.05, 3.63) is 41.4 Å². The maximum Gasteiger partial charge on any atom is 0.220 e. The molecule has 3 rings (SSSR count). The second-order valence-electron chi connectivity index (χ2n) is 6.33. The summed E-state index contributed by atoms with van der Waals surface area (Å²) < 4.78 is 5.73. The molecule has 1 aromatic carbocycles. The largest absolute Gasteiger partial charge is 0.441 e. The molecule has 0 bridgehead atoms. The van der Waals surface area contributed by atoms with E-state index in [0.717, 1.165) is 31.6 Å². The number of carbonyl (C=O) groups is 1. The molecule has 1 amide bonds. The van der Waals surface area contributed by atoms with Crippen molar-refractivity contribution < 1.29 is 9.21 Å². The van der Waals surface area contributed by atoms with Gasteiger partial charge in [-0.05, 0) is 38.1 Å². The van der Waals surface area contributed by atoms with Crippen LogP contribution in [0.2, 0.25) is 5.02 Å². The lowest BCUT2D eigenvalue weighted by Crippen LogP contribution is -2.40. The number of aromatic nitrogens is 1. The molecular weight excluding hydrogens is 338 g/mol. The van der Waals surface area contributed by atoms with Gasteiger partial charge in [-0.15, -0.1) is 0 Å². The first-order chi connectivity index (χ1) is 12.2. The lowest BCUT2D eigenvalue weighted by Gasteiger charge is -2.22. The monoisotopic (exact) mass is 361 g/mol. The highest BCUT2D eigenvalue weighted by Gasteiger charge is 2.23. The van der Waals surface area contributed by atoms with Crippen LogP contribution in [0, 0.1) is 0 Å². The fraction of sp³-hybridized carbons (Fsp3) is 0.474. The highest BCUT2D eigenvalue weighted by molar-refractivity contribution is 6.33. The number of likely N-dealkylation sites (tertiary alicyclic amines) is 1. The third-order valence-corrected chi connectivity index (χ3v) is 5.03. The first-order valence-electron chi connectivity index (χ1n) is 8.87. The van der Waals surface area contributed by atoms with E-state index in [1.54, 1.807) is 6.20 Å². The standard InChI is InChI=1S/C19H24ClN3O2/c1-2-23-11-5-6-14(23)12-21-18(24)9-10-19-22-13-17(25-19)15-7-3-4-8-16(15)20/h3-4,7-8,13-14H,2,5-6,9-12H2,1H3,(H,21,24). The third kappa shape index (κ3) is 4.61. The Morgan fingerprint density at radius 2 is 2.28 bits per heavy atom. The van der Waals surface area contributed by atoms with Crippen LogP contribution in [-0.2, 0) is 11.2 Å². The van der Waals surface area contributed by atoms with Gasteiger partial charge in [-0.2, -0.15) is 0 Å². The summed E-state index contributed by atoms with van der Waals surface area (Å²) in [6, 6.07) is 7.95. The molecule has 1 saturated heterocycles. The Bertz CT molecular complexity index is 716. The Hall–Kier alpha value is -1.85. The van der Waals surface area contributed by atoms with E-state index in [9.17, 15) is 4.79 Å². The van der Waals surface area contributed by atoms with Gasteiger partial charge in [0.2, 0.25) is 5.91 Å². The first-order valence-corrected chi connectivity index (χ1v) is 9.25. The van der Waals surface area contributed by atoms with Crippen LogP contribution >= 0.6 is 11.6 Å². The molecule has 6 heteroatoms. The van der Waals surface area contributed by atoms with Gasteiger partial charge < -0.3 is 9.73 Å². The molecular formula is C19H24ClN3O2. The maximum absolute atomic E-state index is 12.1. The topological polar surface area (TPSA) is 58.4 Å². The van der Waals surface area contributed by atoms with E-state index in [2.05, 4.69) is 22.1 Å². The van der Waals surface area contributed by atoms with Crippen molar-refractivity contribution in [3.8, 4) is 11.3 Å². The Kier molecular flexibility index (Phi) is 6.10. The Labute approximate surface area is 153 Å². The van der Waals surface area contributed by atoms with Crippen molar-refractivity contribution in [2.75, 3.05) is 19.6 Å². The minimum atomic E-state index is 0.0421. The number of carbonyl (C=O) groups excluding carboxylic acids is 1. The minimum absolute atomic E-state index is 0.0421. The summed E-state index contributed by atoms with van der Waals surface area (Å²) in [4.78, 5) is 18.8. The number of benzene rings is 1. The number of likely N-dealkylation sites (N-methyl/N-ethyl adjacent to an activating group) is 1. The molecule has 1 atom stereocenters. The van der Waals surface area contributed by atoms with Gasteiger partial charge in [0, 0.05) is 31.0 Å². The van der Waals surface area contributed by atoms with Crippen molar-refractivity contribution in [2.45, 2.75) is 38.6 Å². The van der Waals surface area contributed by atoms with Gasteiger partial charge >= 0.3 is 0 Å². The smallest absolute Gasteiger partial charge is 0.220 e. The first kappa shape index (κ1) is 18.0. The van der Waals surface area contributed by atoms with E-state index in [1.807, 2.05) is 24.3 Å². The lowest BCUT2D eigenvalue weighted by atomic mass is 10.2. The summed E-state index contributed by atoms with van der Waals surface area (Å²) in [5, 5.41) is 3.66.